The van der Waals surface area contributed by atoms with Crippen LogP contribution in [0.3, 0.4) is 0 Å². The number of aromatic nitrogens is 1. The van der Waals surface area contributed by atoms with E-state index < -0.39 is 5.97 Å². The summed E-state index contributed by atoms with van der Waals surface area (Å²) in [7, 11) is 0. The maximum absolute atomic E-state index is 11.1. The highest BCUT2D eigenvalue weighted by molar-refractivity contribution is 9.10. The van der Waals surface area contributed by atoms with E-state index >= 15 is 0 Å². The first-order chi connectivity index (χ1) is 12.0. The third kappa shape index (κ3) is 4.58. The van der Waals surface area contributed by atoms with Gasteiger partial charge < -0.3 is 9.84 Å². The predicted octanol–water partition coefficient (Wildman–Crippen LogP) is 4.90. The molecule has 0 fully saturated rings. The Morgan fingerprint density at radius 1 is 1.36 bits per heavy atom. The molecule has 6 heteroatoms. The van der Waals surface area contributed by atoms with Gasteiger partial charge >= 0.3 is 5.97 Å². The molecule has 1 aromatic heterocycles. The van der Waals surface area contributed by atoms with Gasteiger partial charge in [-0.1, -0.05) is 26.7 Å². The van der Waals surface area contributed by atoms with Crippen molar-refractivity contribution in [3.05, 3.63) is 46.1 Å². The molecule has 0 aliphatic rings. The minimum Gasteiger partial charge on any atom is -0.491 e. The molecule has 25 heavy (non-hydrogen) atoms. The van der Waals surface area contributed by atoms with E-state index in [4.69, 9.17) is 9.84 Å². The van der Waals surface area contributed by atoms with Gasteiger partial charge in [0.2, 0.25) is 0 Å². The van der Waals surface area contributed by atoms with E-state index in [2.05, 4.69) is 40.8 Å². The molecule has 0 aliphatic carbocycles. The van der Waals surface area contributed by atoms with Gasteiger partial charge in [-0.05, 0) is 46.1 Å². The summed E-state index contributed by atoms with van der Waals surface area (Å²) in [6.07, 6.45) is 3.47. The summed E-state index contributed by atoms with van der Waals surface area (Å²) in [6, 6.07) is 8.51. The highest BCUT2D eigenvalue weighted by Crippen LogP contribution is 2.34. The Labute approximate surface area is 155 Å². The van der Waals surface area contributed by atoms with Crippen molar-refractivity contribution in [1.82, 2.24) is 4.98 Å². The van der Waals surface area contributed by atoms with Crippen molar-refractivity contribution >= 4 is 21.9 Å². The van der Waals surface area contributed by atoms with Crippen LogP contribution in [0.5, 0.6) is 5.75 Å². The van der Waals surface area contributed by atoms with Crippen molar-refractivity contribution in [1.29, 1.82) is 5.26 Å². The van der Waals surface area contributed by atoms with Gasteiger partial charge in [-0.15, -0.1) is 0 Å². The Morgan fingerprint density at radius 3 is 2.68 bits per heavy atom. The lowest BCUT2D eigenvalue weighted by Crippen LogP contribution is -2.11. The third-order valence-electron chi connectivity index (χ3n) is 4.08. The van der Waals surface area contributed by atoms with E-state index in [1.165, 1.54) is 18.3 Å². The molecule has 2 aromatic rings. The Morgan fingerprint density at radius 2 is 2.08 bits per heavy atom. The Kier molecular flexibility index (Phi) is 6.54. The van der Waals surface area contributed by atoms with Crippen LogP contribution in [0.4, 0.5) is 0 Å². The van der Waals surface area contributed by atoms with Gasteiger partial charge in [0.25, 0.3) is 0 Å². The number of carboxylic acid groups (broad SMARTS) is 1. The van der Waals surface area contributed by atoms with Crippen LogP contribution in [-0.2, 0) is 0 Å². The summed E-state index contributed by atoms with van der Waals surface area (Å²) in [5.41, 5.74) is 1.68. The summed E-state index contributed by atoms with van der Waals surface area (Å²) >= 11 is 3.46. The minimum atomic E-state index is -1.02. The Hall–Kier alpha value is -2.39. The van der Waals surface area contributed by atoms with Crippen LogP contribution in [0, 0.1) is 17.2 Å². The number of carboxylic acids is 1. The number of pyridine rings is 1. The van der Waals surface area contributed by atoms with Crippen molar-refractivity contribution in [2.45, 2.75) is 26.7 Å². The van der Waals surface area contributed by atoms with Gasteiger partial charge in [-0.3, -0.25) is 4.98 Å². The fourth-order valence-corrected chi connectivity index (χ4v) is 2.99. The second kappa shape index (κ2) is 8.63. The number of nitrogens with zero attached hydrogens (tertiary/aromatic N) is 2. The fourth-order valence-electron chi connectivity index (χ4n) is 2.42. The molecule has 5 nitrogen and oxygen atoms in total. The quantitative estimate of drug-likeness (QED) is 0.711. The molecule has 130 valence electrons. The molecule has 0 saturated carbocycles. The normalized spacial score (nSPS) is 10.5. The highest BCUT2D eigenvalue weighted by atomic mass is 79.9. The lowest BCUT2D eigenvalue weighted by atomic mass is 10.0. The molecular weight excluding hydrogens is 384 g/mol. The first-order valence-corrected chi connectivity index (χ1v) is 8.85. The standard InChI is InChI=1S/C19H19BrN2O3/c1-3-12(4-2)11-25-18-15(10-21)7-14(8-16(18)20)17-9-13(19(23)24)5-6-22-17/h5-9,12H,3-4,11H2,1-2H3,(H,23,24). The van der Waals surface area contributed by atoms with E-state index in [0.29, 0.717) is 39.6 Å². The molecule has 0 saturated heterocycles. The second-order valence-corrected chi connectivity index (χ2v) is 6.53. The van der Waals surface area contributed by atoms with Crippen LogP contribution < -0.4 is 4.74 Å². The molecule has 0 aliphatic heterocycles. The Balaban J connectivity index is 2.38. The molecule has 0 bridgehead atoms. The van der Waals surface area contributed by atoms with Crippen LogP contribution in [0.25, 0.3) is 11.3 Å². The number of hydrogen-bond donors (Lipinski definition) is 1. The van der Waals surface area contributed by atoms with Gasteiger partial charge in [-0.25, -0.2) is 4.79 Å². The van der Waals surface area contributed by atoms with Crippen molar-refractivity contribution in [3.63, 3.8) is 0 Å². The van der Waals surface area contributed by atoms with Gasteiger partial charge in [0.1, 0.15) is 6.07 Å². The van der Waals surface area contributed by atoms with E-state index in [9.17, 15) is 10.1 Å². The maximum atomic E-state index is 11.1. The average Bonchev–Trinajstić information content (AvgIpc) is 2.63. The predicted molar refractivity (Wildman–Crippen MR) is 98.6 cm³/mol. The van der Waals surface area contributed by atoms with Gasteiger partial charge in [0.15, 0.2) is 5.75 Å². The van der Waals surface area contributed by atoms with E-state index in [1.54, 1.807) is 12.1 Å². The molecule has 1 N–H and O–H groups in total. The monoisotopic (exact) mass is 402 g/mol. The number of nitriles is 1. The summed E-state index contributed by atoms with van der Waals surface area (Å²) in [5.74, 6) is -0.0760. The highest BCUT2D eigenvalue weighted by Gasteiger charge is 2.15. The molecule has 0 atom stereocenters. The topological polar surface area (TPSA) is 83.2 Å². The summed E-state index contributed by atoms with van der Waals surface area (Å²) in [4.78, 5) is 15.3. The molecule has 0 amide bonds. The molecule has 1 aromatic carbocycles. The zero-order chi connectivity index (χ0) is 18.4. The van der Waals surface area contributed by atoms with E-state index in [-0.39, 0.29) is 5.56 Å². The second-order valence-electron chi connectivity index (χ2n) is 5.67. The van der Waals surface area contributed by atoms with Crippen LogP contribution in [-0.4, -0.2) is 22.7 Å². The van der Waals surface area contributed by atoms with Crippen molar-refractivity contribution < 1.29 is 14.6 Å². The Bertz CT molecular complexity index is 811. The zero-order valence-electron chi connectivity index (χ0n) is 14.1. The lowest BCUT2D eigenvalue weighted by molar-refractivity contribution is 0.0697. The number of halogens is 1. The summed E-state index contributed by atoms with van der Waals surface area (Å²) in [6.45, 7) is 4.77. The van der Waals surface area contributed by atoms with Gasteiger partial charge in [-0.2, -0.15) is 5.26 Å². The average molecular weight is 403 g/mol. The van der Waals surface area contributed by atoms with Crippen LogP contribution in [0.15, 0.2) is 34.9 Å². The number of hydrogen-bond acceptors (Lipinski definition) is 4. The third-order valence-corrected chi connectivity index (χ3v) is 4.67. The molecular formula is C19H19BrN2O3. The summed E-state index contributed by atoms with van der Waals surface area (Å²) < 4.78 is 6.52. The van der Waals surface area contributed by atoms with Crippen LogP contribution in [0.2, 0.25) is 0 Å². The van der Waals surface area contributed by atoms with E-state index in [1.807, 2.05) is 0 Å². The molecule has 0 spiro atoms. The molecule has 0 unspecified atom stereocenters. The number of rotatable bonds is 7. The molecule has 2 rings (SSSR count). The maximum Gasteiger partial charge on any atom is 0.335 e. The van der Waals surface area contributed by atoms with Gasteiger partial charge in [0.05, 0.1) is 27.9 Å². The SMILES string of the molecule is CCC(CC)COc1c(Br)cc(-c2cc(C(=O)O)ccn2)cc1C#N. The number of benzene rings is 1. The zero-order valence-corrected chi connectivity index (χ0v) is 15.7. The number of aromatic carboxylic acids is 1. The molecule has 0 radical (unpaired) electrons. The smallest absolute Gasteiger partial charge is 0.335 e. The van der Waals surface area contributed by atoms with E-state index in [0.717, 1.165) is 12.8 Å². The van der Waals surface area contributed by atoms with Crippen LogP contribution in [0.1, 0.15) is 42.6 Å². The number of ether oxygens (including phenoxy) is 1. The minimum absolute atomic E-state index is 0.147. The van der Waals surface area contributed by atoms with Crippen molar-refractivity contribution in [2.24, 2.45) is 5.92 Å². The van der Waals surface area contributed by atoms with Crippen molar-refractivity contribution in [3.8, 4) is 23.1 Å². The largest absolute Gasteiger partial charge is 0.491 e. The first kappa shape index (κ1) is 18.9. The van der Waals surface area contributed by atoms with Crippen LogP contribution >= 0.6 is 15.9 Å². The molecule has 1 heterocycles. The number of carbonyl (C=O) groups is 1. The van der Waals surface area contributed by atoms with Gasteiger partial charge in [0, 0.05) is 11.8 Å². The lowest BCUT2D eigenvalue weighted by Gasteiger charge is -2.16. The van der Waals surface area contributed by atoms with Crippen molar-refractivity contribution in [2.75, 3.05) is 6.61 Å². The summed E-state index contributed by atoms with van der Waals surface area (Å²) in [5, 5.41) is 18.6. The fraction of sp³-hybridized carbons (Fsp3) is 0.316. The first-order valence-electron chi connectivity index (χ1n) is 8.06.